The number of aromatic nitrogens is 3. The van der Waals surface area contributed by atoms with E-state index in [1.807, 2.05) is 13.8 Å². The van der Waals surface area contributed by atoms with Crippen LogP contribution in [0.15, 0.2) is 12.7 Å². The molecule has 0 bridgehead atoms. The number of amides is 1. The average molecular weight is 338 g/mol. The van der Waals surface area contributed by atoms with Gasteiger partial charge in [-0.15, -0.1) is 24.8 Å². The van der Waals surface area contributed by atoms with Crippen LogP contribution in [0.1, 0.15) is 39.5 Å². The van der Waals surface area contributed by atoms with E-state index in [9.17, 15) is 4.79 Å². The highest BCUT2D eigenvalue weighted by Crippen LogP contribution is 2.31. The summed E-state index contributed by atoms with van der Waals surface area (Å²) in [7, 11) is 0. The lowest BCUT2D eigenvalue weighted by Gasteiger charge is -2.37. The minimum absolute atomic E-state index is 0. The van der Waals surface area contributed by atoms with Crippen molar-refractivity contribution in [1.82, 2.24) is 20.1 Å². The van der Waals surface area contributed by atoms with Crippen LogP contribution in [0.25, 0.3) is 0 Å². The van der Waals surface area contributed by atoms with E-state index in [2.05, 4.69) is 15.4 Å². The molecule has 1 aliphatic rings. The van der Waals surface area contributed by atoms with Crippen molar-refractivity contribution in [2.24, 2.45) is 11.7 Å². The van der Waals surface area contributed by atoms with Crippen molar-refractivity contribution >= 4 is 30.7 Å². The minimum atomic E-state index is -0.380. The molecule has 1 aliphatic carbocycles. The predicted molar refractivity (Wildman–Crippen MR) is 86.7 cm³/mol. The Balaban J connectivity index is 0.00000200. The van der Waals surface area contributed by atoms with E-state index in [4.69, 9.17) is 5.73 Å². The number of hydrogen-bond donors (Lipinski definition) is 2. The summed E-state index contributed by atoms with van der Waals surface area (Å²) in [6.07, 6.45) is 7.15. The molecule has 21 heavy (non-hydrogen) atoms. The standard InChI is InChI=1S/C13H23N5O.2ClH/c1-10(7-18-9-15-8-16-18)17-12(19)11-5-3-4-6-13(11,2)14;;/h8-11H,3-7,14H2,1-2H3,(H,17,19);2*1H. The molecule has 1 saturated carbocycles. The number of rotatable bonds is 4. The average Bonchev–Trinajstić information content (AvgIpc) is 2.80. The first-order chi connectivity index (χ1) is 8.99. The highest BCUT2D eigenvalue weighted by atomic mass is 35.5. The molecule has 2 rings (SSSR count). The topological polar surface area (TPSA) is 85.8 Å². The normalized spacial score (nSPS) is 26.1. The molecule has 0 spiro atoms. The van der Waals surface area contributed by atoms with Gasteiger partial charge < -0.3 is 11.1 Å². The SMILES string of the molecule is CC(Cn1cncn1)NC(=O)C1CCCCC1(C)N.Cl.Cl. The molecule has 3 atom stereocenters. The number of carbonyl (C=O) groups excluding carboxylic acids is 1. The van der Waals surface area contributed by atoms with Gasteiger partial charge >= 0.3 is 0 Å². The van der Waals surface area contributed by atoms with Crippen LogP contribution in [-0.2, 0) is 11.3 Å². The number of nitrogens with zero attached hydrogens (tertiary/aromatic N) is 3. The van der Waals surface area contributed by atoms with Crippen molar-refractivity contribution < 1.29 is 4.79 Å². The number of halogens is 2. The smallest absolute Gasteiger partial charge is 0.225 e. The lowest BCUT2D eigenvalue weighted by molar-refractivity contribution is -0.128. The number of carbonyl (C=O) groups is 1. The second-order valence-corrected chi connectivity index (χ2v) is 5.83. The first kappa shape index (κ1) is 20.1. The van der Waals surface area contributed by atoms with Crippen LogP contribution in [0.5, 0.6) is 0 Å². The Morgan fingerprint density at radius 1 is 1.52 bits per heavy atom. The zero-order valence-corrected chi connectivity index (χ0v) is 14.1. The Hall–Kier alpha value is -0.850. The van der Waals surface area contributed by atoms with E-state index >= 15 is 0 Å². The number of nitrogens with one attached hydrogen (secondary N) is 1. The minimum Gasteiger partial charge on any atom is -0.351 e. The fraction of sp³-hybridized carbons (Fsp3) is 0.769. The summed E-state index contributed by atoms with van der Waals surface area (Å²) in [5.41, 5.74) is 5.87. The fourth-order valence-corrected chi connectivity index (χ4v) is 2.79. The third kappa shape index (κ3) is 5.45. The van der Waals surface area contributed by atoms with E-state index in [1.54, 1.807) is 11.0 Å². The molecular weight excluding hydrogens is 313 g/mol. The molecular formula is C13H25Cl2N5O. The predicted octanol–water partition coefficient (Wildman–Crippen LogP) is 1.53. The largest absolute Gasteiger partial charge is 0.351 e. The summed E-state index contributed by atoms with van der Waals surface area (Å²) in [5, 5.41) is 7.07. The van der Waals surface area contributed by atoms with E-state index in [0.717, 1.165) is 25.7 Å². The van der Waals surface area contributed by atoms with Crippen molar-refractivity contribution in [3.63, 3.8) is 0 Å². The van der Waals surface area contributed by atoms with Crippen molar-refractivity contribution in [2.45, 2.75) is 57.7 Å². The van der Waals surface area contributed by atoms with E-state index in [1.165, 1.54) is 6.33 Å². The summed E-state index contributed by atoms with van der Waals surface area (Å²) in [4.78, 5) is 16.2. The Bertz CT molecular complexity index is 424. The van der Waals surface area contributed by atoms with Crippen molar-refractivity contribution in [3.8, 4) is 0 Å². The molecule has 1 aromatic rings. The van der Waals surface area contributed by atoms with Gasteiger partial charge in [-0.05, 0) is 26.7 Å². The van der Waals surface area contributed by atoms with Gasteiger partial charge in [-0.2, -0.15) is 5.10 Å². The van der Waals surface area contributed by atoms with Gasteiger partial charge in [-0.25, -0.2) is 4.98 Å². The third-order valence-electron chi connectivity index (χ3n) is 3.89. The van der Waals surface area contributed by atoms with Gasteiger partial charge in [-0.1, -0.05) is 12.8 Å². The van der Waals surface area contributed by atoms with Gasteiger partial charge in [0.05, 0.1) is 12.5 Å². The lowest BCUT2D eigenvalue weighted by Crippen LogP contribution is -2.54. The maximum atomic E-state index is 12.3. The van der Waals surface area contributed by atoms with Crippen molar-refractivity contribution in [1.29, 1.82) is 0 Å². The molecule has 0 aliphatic heterocycles. The molecule has 3 N–H and O–H groups in total. The molecule has 1 heterocycles. The zero-order chi connectivity index (χ0) is 13.9. The van der Waals surface area contributed by atoms with E-state index in [0.29, 0.717) is 6.54 Å². The van der Waals surface area contributed by atoms with Gasteiger partial charge in [0.15, 0.2) is 0 Å². The number of nitrogens with two attached hydrogens (primary N) is 1. The van der Waals surface area contributed by atoms with Gasteiger partial charge in [0.2, 0.25) is 5.91 Å². The first-order valence-corrected chi connectivity index (χ1v) is 6.91. The highest BCUT2D eigenvalue weighted by Gasteiger charge is 2.37. The second-order valence-electron chi connectivity index (χ2n) is 5.83. The molecule has 0 radical (unpaired) electrons. The van der Waals surface area contributed by atoms with Crippen LogP contribution >= 0.6 is 24.8 Å². The summed E-state index contributed by atoms with van der Waals surface area (Å²) in [6, 6.07) is 0.0203. The molecule has 8 heteroatoms. The Kier molecular flexibility index (Phi) is 8.21. The third-order valence-corrected chi connectivity index (χ3v) is 3.89. The molecule has 1 fully saturated rings. The maximum absolute atomic E-state index is 12.3. The van der Waals surface area contributed by atoms with E-state index < -0.39 is 0 Å². The summed E-state index contributed by atoms with van der Waals surface area (Å²) < 4.78 is 1.72. The van der Waals surface area contributed by atoms with E-state index in [-0.39, 0.29) is 48.2 Å². The van der Waals surface area contributed by atoms with Crippen LogP contribution < -0.4 is 11.1 Å². The van der Waals surface area contributed by atoms with Gasteiger partial charge in [0.25, 0.3) is 0 Å². The monoisotopic (exact) mass is 337 g/mol. The lowest BCUT2D eigenvalue weighted by atomic mass is 9.74. The quantitative estimate of drug-likeness (QED) is 0.872. The van der Waals surface area contributed by atoms with Gasteiger partial charge in [0.1, 0.15) is 12.7 Å². The summed E-state index contributed by atoms with van der Waals surface area (Å²) >= 11 is 0. The summed E-state index contributed by atoms with van der Waals surface area (Å²) in [6.45, 7) is 4.58. The van der Waals surface area contributed by atoms with Crippen LogP contribution in [-0.4, -0.2) is 32.3 Å². The molecule has 122 valence electrons. The zero-order valence-electron chi connectivity index (χ0n) is 12.5. The van der Waals surface area contributed by atoms with Crippen molar-refractivity contribution in [2.75, 3.05) is 0 Å². The molecule has 1 amide bonds. The maximum Gasteiger partial charge on any atom is 0.225 e. The molecule has 3 unspecified atom stereocenters. The van der Waals surface area contributed by atoms with Crippen molar-refractivity contribution in [3.05, 3.63) is 12.7 Å². The number of hydrogen-bond acceptors (Lipinski definition) is 4. The highest BCUT2D eigenvalue weighted by molar-refractivity contribution is 5.85. The Morgan fingerprint density at radius 3 is 2.81 bits per heavy atom. The van der Waals surface area contributed by atoms with Crippen LogP contribution in [0.4, 0.5) is 0 Å². The Morgan fingerprint density at radius 2 is 2.24 bits per heavy atom. The first-order valence-electron chi connectivity index (χ1n) is 6.91. The molecule has 6 nitrogen and oxygen atoms in total. The molecule has 0 saturated heterocycles. The van der Waals surface area contributed by atoms with Crippen LogP contribution in [0.3, 0.4) is 0 Å². The molecule has 0 aromatic carbocycles. The Labute approximate surface area is 138 Å². The van der Waals surface area contributed by atoms with Crippen LogP contribution in [0, 0.1) is 5.92 Å². The second kappa shape index (κ2) is 8.56. The van der Waals surface area contributed by atoms with Crippen LogP contribution in [0.2, 0.25) is 0 Å². The van der Waals surface area contributed by atoms with Gasteiger partial charge in [0, 0.05) is 11.6 Å². The fourth-order valence-electron chi connectivity index (χ4n) is 2.79. The molecule has 1 aromatic heterocycles. The van der Waals surface area contributed by atoms with Gasteiger partial charge in [-0.3, -0.25) is 9.48 Å². The summed E-state index contributed by atoms with van der Waals surface area (Å²) in [5.74, 6) is -0.0169.